The maximum absolute atomic E-state index is 10.8. The fourth-order valence-corrected chi connectivity index (χ4v) is 0.791. The molecule has 1 fully saturated rings. The minimum atomic E-state index is -0.264. The third-order valence-electron chi connectivity index (χ3n) is 1.34. The van der Waals surface area contributed by atoms with E-state index in [4.69, 9.17) is 9.47 Å². The molecule has 10 heavy (non-hydrogen) atoms. The molecule has 4 nitrogen and oxygen atoms in total. The van der Waals surface area contributed by atoms with E-state index in [1.807, 2.05) is 0 Å². The van der Waals surface area contributed by atoms with E-state index in [1.165, 1.54) is 7.11 Å². The smallest absolute Gasteiger partial charge is 0.313 e. The molecule has 0 N–H and O–H groups in total. The Kier molecular flexibility index (Phi) is 2.65. The number of hydrogen-bond acceptors (Lipinski definition) is 4. The van der Waals surface area contributed by atoms with Crippen LogP contribution in [0.15, 0.2) is 0 Å². The van der Waals surface area contributed by atoms with Gasteiger partial charge in [-0.15, -0.1) is 0 Å². The first-order valence-electron chi connectivity index (χ1n) is 3.08. The molecular weight excluding hydrogens is 136 g/mol. The van der Waals surface area contributed by atoms with Gasteiger partial charge in [0.05, 0.1) is 20.3 Å². The quantitative estimate of drug-likeness (QED) is 0.480. The van der Waals surface area contributed by atoms with Gasteiger partial charge in [0.2, 0.25) is 0 Å². The van der Waals surface area contributed by atoms with Crippen LogP contribution < -0.4 is 0 Å². The first-order chi connectivity index (χ1) is 4.84. The van der Waals surface area contributed by atoms with Crippen molar-refractivity contribution in [3.05, 3.63) is 0 Å². The van der Waals surface area contributed by atoms with Crippen molar-refractivity contribution in [3.63, 3.8) is 0 Å². The number of hydrogen-bond donors (Lipinski definition) is 0. The van der Waals surface area contributed by atoms with Crippen LogP contribution in [0.4, 0.5) is 0 Å². The van der Waals surface area contributed by atoms with Crippen molar-refractivity contribution in [1.29, 1.82) is 0 Å². The molecule has 0 radical (unpaired) electrons. The SMILES string of the molecule is COC(=O)C1COCOC1. The second-order valence-electron chi connectivity index (χ2n) is 2.08. The highest BCUT2D eigenvalue weighted by Crippen LogP contribution is 2.06. The van der Waals surface area contributed by atoms with E-state index < -0.39 is 0 Å². The predicted molar refractivity (Wildman–Crippen MR) is 32.3 cm³/mol. The van der Waals surface area contributed by atoms with Crippen LogP contribution >= 0.6 is 0 Å². The van der Waals surface area contributed by atoms with Crippen molar-refractivity contribution in [2.24, 2.45) is 5.92 Å². The molecule has 0 aliphatic carbocycles. The fraction of sp³-hybridized carbons (Fsp3) is 0.833. The van der Waals surface area contributed by atoms with E-state index in [9.17, 15) is 4.79 Å². The summed E-state index contributed by atoms with van der Waals surface area (Å²) in [6.07, 6.45) is 0. The van der Waals surface area contributed by atoms with Gasteiger partial charge in [-0.2, -0.15) is 0 Å². The van der Waals surface area contributed by atoms with Crippen molar-refractivity contribution < 1.29 is 19.0 Å². The maximum Gasteiger partial charge on any atom is 0.313 e. The number of rotatable bonds is 1. The van der Waals surface area contributed by atoms with E-state index in [2.05, 4.69) is 4.74 Å². The summed E-state index contributed by atoms with van der Waals surface area (Å²) in [5.74, 6) is -0.501. The molecule has 1 saturated heterocycles. The van der Waals surface area contributed by atoms with Gasteiger partial charge in [-0.05, 0) is 0 Å². The fourth-order valence-electron chi connectivity index (χ4n) is 0.791. The molecule has 0 unspecified atom stereocenters. The minimum Gasteiger partial charge on any atom is -0.469 e. The van der Waals surface area contributed by atoms with Crippen molar-refractivity contribution in [2.45, 2.75) is 0 Å². The highest BCUT2D eigenvalue weighted by Gasteiger charge is 2.22. The average molecular weight is 146 g/mol. The Morgan fingerprint density at radius 3 is 2.60 bits per heavy atom. The van der Waals surface area contributed by atoms with Gasteiger partial charge in [0.15, 0.2) is 0 Å². The highest BCUT2D eigenvalue weighted by molar-refractivity contribution is 5.72. The molecule has 0 aromatic carbocycles. The molecule has 4 heteroatoms. The second-order valence-corrected chi connectivity index (χ2v) is 2.08. The first-order valence-corrected chi connectivity index (χ1v) is 3.08. The van der Waals surface area contributed by atoms with Crippen LogP contribution in [0, 0.1) is 5.92 Å². The summed E-state index contributed by atoms with van der Waals surface area (Å²) >= 11 is 0. The zero-order valence-electron chi connectivity index (χ0n) is 5.83. The monoisotopic (exact) mass is 146 g/mol. The third kappa shape index (κ3) is 1.68. The molecule has 0 aromatic heterocycles. The molecule has 0 amide bonds. The number of carbonyl (C=O) groups is 1. The summed E-state index contributed by atoms with van der Waals surface area (Å²) in [4.78, 5) is 10.8. The Hall–Kier alpha value is -0.610. The molecule has 58 valence electrons. The van der Waals surface area contributed by atoms with Crippen LogP contribution in [0.25, 0.3) is 0 Å². The molecule has 1 rings (SSSR count). The standard InChI is InChI=1S/C6H10O4/c1-8-6(7)5-2-9-4-10-3-5/h5H,2-4H2,1H3. The summed E-state index contributed by atoms with van der Waals surface area (Å²) in [5, 5.41) is 0. The lowest BCUT2D eigenvalue weighted by atomic mass is 10.2. The summed E-state index contributed by atoms with van der Waals surface area (Å²) < 4.78 is 14.3. The Morgan fingerprint density at radius 2 is 2.10 bits per heavy atom. The average Bonchev–Trinajstić information content (AvgIpc) is 2.05. The first kappa shape index (κ1) is 7.50. The summed E-state index contributed by atoms with van der Waals surface area (Å²) in [7, 11) is 1.36. The van der Waals surface area contributed by atoms with Gasteiger partial charge in [0.25, 0.3) is 0 Å². The lowest BCUT2D eigenvalue weighted by molar-refractivity contribution is -0.168. The van der Waals surface area contributed by atoms with E-state index >= 15 is 0 Å². The van der Waals surface area contributed by atoms with Gasteiger partial charge in [0, 0.05) is 0 Å². The van der Waals surface area contributed by atoms with Gasteiger partial charge in [-0.25, -0.2) is 0 Å². The second kappa shape index (κ2) is 3.53. The number of methoxy groups -OCH3 is 1. The molecule has 0 aromatic rings. The number of ether oxygens (including phenoxy) is 3. The van der Waals surface area contributed by atoms with Crippen molar-refractivity contribution in [2.75, 3.05) is 27.1 Å². The third-order valence-corrected chi connectivity index (χ3v) is 1.34. The number of carbonyl (C=O) groups excluding carboxylic acids is 1. The van der Waals surface area contributed by atoms with Gasteiger partial charge < -0.3 is 14.2 Å². The minimum absolute atomic E-state index is 0.237. The van der Waals surface area contributed by atoms with Crippen LogP contribution in [-0.2, 0) is 19.0 Å². The molecule has 0 saturated carbocycles. The molecule has 1 aliphatic rings. The Bertz CT molecular complexity index is 117. The van der Waals surface area contributed by atoms with E-state index in [0.717, 1.165) is 0 Å². The Balaban J connectivity index is 2.31. The topological polar surface area (TPSA) is 44.8 Å². The lowest BCUT2D eigenvalue weighted by Gasteiger charge is -2.19. The molecule has 0 atom stereocenters. The maximum atomic E-state index is 10.8. The summed E-state index contributed by atoms with van der Waals surface area (Å²) in [5.41, 5.74) is 0. The molecular formula is C6H10O4. The zero-order chi connectivity index (χ0) is 7.40. The zero-order valence-corrected chi connectivity index (χ0v) is 5.83. The van der Waals surface area contributed by atoms with Crippen molar-refractivity contribution in [3.8, 4) is 0 Å². The Labute approximate surface area is 59.1 Å². The van der Waals surface area contributed by atoms with Gasteiger partial charge in [-0.1, -0.05) is 0 Å². The Morgan fingerprint density at radius 1 is 1.50 bits per heavy atom. The molecule has 1 heterocycles. The van der Waals surface area contributed by atoms with Crippen LogP contribution in [0.2, 0.25) is 0 Å². The summed E-state index contributed by atoms with van der Waals surface area (Å²) in [6, 6.07) is 0. The predicted octanol–water partition coefficient (Wildman–Crippen LogP) is -0.220. The van der Waals surface area contributed by atoms with Crippen molar-refractivity contribution in [1.82, 2.24) is 0 Å². The van der Waals surface area contributed by atoms with Crippen LogP contribution in [0.1, 0.15) is 0 Å². The van der Waals surface area contributed by atoms with E-state index in [-0.39, 0.29) is 18.7 Å². The largest absolute Gasteiger partial charge is 0.469 e. The highest BCUT2D eigenvalue weighted by atomic mass is 16.7. The van der Waals surface area contributed by atoms with Crippen LogP contribution in [0.3, 0.4) is 0 Å². The van der Waals surface area contributed by atoms with Gasteiger partial charge in [0.1, 0.15) is 12.7 Å². The van der Waals surface area contributed by atoms with Gasteiger partial charge in [-0.3, -0.25) is 4.79 Å². The normalized spacial score (nSPS) is 20.5. The molecule has 1 aliphatic heterocycles. The molecule has 0 bridgehead atoms. The van der Waals surface area contributed by atoms with Crippen molar-refractivity contribution >= 4 is 5.97 Å². The van der Waals surface area contributed by atoms with Gasteiger partial charge >= 0.3 is 5.97 Å². The summed E-state index contributed by atoms with van der Waals surface area (Å²) in [6.45, 7) is 1.10. The van der Waals surface area contributed by atoms with Crippen LogP contribution in [-0.4, -0.2) is 33.1 Å². The van der Waals surface area contributed by atoms with E-state index in [0.29, 0.717) is 13.2 Å². The molecule has 0 spiro atoms. The lowest BCUT2D eigenvalue weighted by Crippen LogP contribution is -2.31. The van der Waals surface area contributed by atoms with Crippen LogP contribution in [0.5, 0.6) is 0 Å². The van der Waals surface area contributed by atoms with E-state index in [1.54, 1.807) is 0 Å². The number of esters is 1.